The Morgan fingerprint density at radius 2 is 1.80 bits per heavy atom. The Bertz CT molecular complexity index is 1120. The number of benzene rings is 2. The quantitative estimate of drug-likeness (QED) is 0.419. The Kier molecular flexibility index (Phi) is 3.87. The highest BCUT2D eigenvalue weighted by Crippen LogP contribution is 2.29. The maximum absolute atomic E-state index is 12.5. The van der Waals surface area contributed by atoms with Gasteiger partial charge in [0, 0.05) is 17.1 Å². The lowest BCUT2D eigenvalue weighted by Crippen LogP contribution is -2.24. The second kappa shape index (κ2) is 6.33. The molecule has 6 heteroatoms. The predicted molar refractivity (Wildman–Crippen MR) is 96.2 cm³/mol. The number of ether oxygens (including phenoxy) is 1. The first-order valence-corrected chi connectivity index (χ1v) is 8.43. The molecule has 0 unspecified atom stereocenters. The Labute approximate surface area is 146 Å². The van der Waals surface area contributed by atoms with Crippen LogP contribution in [0.25, 0.3) is 16.1 Å². The highest BCUT2D eigenvalue weighted by Gasteiger charge is 2.17. The molecule has 0 aliphatic heterocycles. The third kappa shape index (κ3) is 2.83. The Morgan fingerprint density at radius 1 is 1.04 bits per heavy atom. The number of aromatic nitrogens is 2. The second-order valence-electron chi connectivity index (χ2n) is 5.28. The maximum Gasteiger partial charge on any atom is 0.350 e. The van der Waals surface area contributed by atoms with Crippen LogP contribution in [0.3, 0.4) is 0 Å². The topological polar surface area (TPSA) is 60.7 Å². The minimum Gasteiger partial charge on any atom is -0.422 e. The SMILES string of the molecule is O=C(Oc1ccccc1-c1ccccc1)c1cnc2sccn2c1=O. The highest BCUT2D eigenvalue weighted by atomic mass is 32.1. The van der Waals surface area contributed by atoms with E-state index in [9.17, 15) is 9.59 Å². The standard InChI is InChI=1S/C19H12N2O3S/c22-17-15(12-20-19-21(17)10-11-25-19)18(23)24-16-9-5-4-8-14(16)13-6-2-1-3-7-13/h1-12H. The van der Waals surface area contributed by atoms with Gasteiger partial charge in [0.2, 0.25) is 0 Å². The van der Waals surface area contributed by atoms with E-state index in [1.165, 1.54) is 21.9 Å². The summed E-state index contributed by atoms with van der Waals surface area (Å²) < 4.78 is 6.84. The van der Waals surface area contributed by atoms with Gasteiger partial charge in [-0.05, 0) is 11.6 Å². The smallest absolute Gasteiger partial charge is 0.350 e. The molecule has 2 heterocycles. The monoisotopic (exact) mass is 348 g/mol. The first-order valence-electron chi connectivity index (χ1n) is 7.55. The molecule has 0 fully saturated rings. The van der Waals surface area contributed by atoms with Gasteiger partial charge < -0.3 is 4.74 Å². The fourth-order valence-corrected chi connectivity index (χ4v) is 3.21. The normalized spacial score (nSPS) is 10.7. The summed E-state index contributed by atoms with van der Waals surface area (Å²) in [5, 5.41) is 1.74. The average molecular weight is 348 g/mol. The summed E-state index contributed by atoms with van der Waals surface area (Å²) in [5.41, 5.74) is 1.17. The minimum atomic E-state index is -0.721. The van der Waals surface area contributed by atoms with Gasteiger partial charge in [-0.1, -0.05) is 48.5 Å². The molecule has 0 atom stereocenters. The average Bonchev–Trinajstić information content (AvgIpc) is 3.13. The Hall–Kier alpha value is -3.25. The van der Waals surface area contributed by atoms with E-state index >= 15 is 0 Å². The van der Waals surface area contributed by atoms with Crippen molar-refractivity contribution in [2.75, 3.05) is 0 Å². The van der Waals surface area contributed by atoms with Crippen molar-refractivity contribution in [1.82, 2.24) is 9.38 Å². The highest BCUT2D eigenvalue weighted by molar-refractivity contribution is 7.15. The Morgan fingerprint density at radius 3 is 2.64 bits per heavy atom. The zero-order chi connectivity index (χ0) is 17.2. The number of hydrogen-bond acceptors (Lipinski definition) is 5. The third-order valence-corrected chi connectivity index (χ3v) is 4.51. The number of carbonyl (C=O) groups is 1. The number of hydrogen-bond donors (Lipinski definition) is 0. The van der Waals surface area contributed by atoms with Crippen LogP contribution >= 0.6 is 11.3 Å². The fraction of sp³-hybridized carbons (Fsp3) is 0. The van der Waals surface area contributed by atoms with Crippen molar-refractivity contribution in [1.29, 1.82) is 0 Å². The van der Waals surface area contributed by atoms with Gasteiger partial charge in [-0.2, -0.15) is 0 Å². The van der Waals surface area contributed by atoms with Gasteiger partial charge in [0.1, 0.15) is 11.3 Å². The molecule has 0 bridgehead atoms. The summed E-state index contributed by atoms with van der Waals surface area (Å²) >= 11 is 1.33. The molecule has 2 aromatic carbocycles. The lowest BCUT2D eigenvalue weighted by molar-refractivity contribution is 0.0733. The van der Waals surface area contributed by atoms with Crippen LogP contribution in [-0.4, -0.2) is 15.4 Å². The van der Waals surface area contributed by atoms with Crippen LogP contribution in [-0.2, 0) is 0 Å². The molecule has 4 rings (SSSR count). The molecular formula is C19H12N2O3S. The molecule has 0 saturated heterocycles. The molecule has 5 nitrogen and oxygen atoms in total. The number of carbonyl (C=O) groups excluding carboxylic acids is 1. The van der Waals surface area contributed by atoms with Crippen LogP contribution in [0.2, 0.25) is 0 Å². The number of rotatable bonds is 3. The predicted octanol–water partition coefficient (Wildman–Crippen LogP) is 3.64. The minimum absolute atomic E-state index is 0.0984. The van der Waals surface area contributed by atoms with E-state index in [0.29, 0.717) is 10.7 Å². The van der Waals surface area contributed by atoms with Gasteiger partial charge >= 0.3 is 5.97 Å². The molecule has 25 heavy (non-hydrogen) atoms. The van der Waals surface area contributed by atoms with Crippen LogP contribution in [0.5, 0.6) is 5.75 Å². The van der Waals surface area contributed by atoms with Crippen LogP contribution in [0, 0.1) is 0 Å². The van der Waals surface area contributed by atoms with Crippen molar-refractivity contribution in [2.24, 2.45) is 0 Å². The molecule has 0 N–H and O–H groups in total. The van der Waals surface area contributed by atoms with Crippen molar-refractivity contribution in [3.05, 3.63) is 88.3 Å². The largest absolute Gasteiger partial charge is 0.422 e. The summed E-state index contributed by atoms with van der Waals surface area (Å²) in [6.45, 7) is 0. The van der Waals surface area contributed by atoms with E-state index in [0.717, 1.165) is 11.1 Å². The van der Waals surface area contributed by atoms with E-state index in [1.54, 1.807) is 23.7 Å². The third-order valence-electron chi connectivity index (χ3n) is 3.74. The first kappa shape index (κ1) is 15.3. The molecule has 2 aromatic heterocycles. The van der Waals surface area contributed by atoms with Crippen molar-refractivity contribution in [3.8, 4) is 16.9 Å². The summed E-state index contributed by atoms with van der Waals surface area (Å²) in [6.07, 6.45) is 2.85. The lowest BCUT2D eigenvalue weighted by Gasteiger charge is -2.10. The molecule has 122 valence electrons. The van der Waals surface area contributed by atoms with Crippen molar-refractivity contribution in [2.45, 2.75) is 0 Å². The van der Waals surface area contributed by atoms with E-state index in [1.807, 2.05) is 42.5 Å². The summed E-state index contributed by atoms with van der Waals surface area (Å²) in [7, 11) is 0. The van der Waals surface area contributed by atoms with E-state index in [4.69, 9.17) is 4.74 Å². The summed E-state index contributed by atoms with van der Waals surface area (Å²) in [6, 6.07) is 16.8. The van der Waals surface area contributed by atoms with Gasteiger partial charge in [-0.3, -0.25) is 9.20 Å². The molecule has 4 aromatic rings. The van der Waals surface area contributed by atoms with Crippen LogP contribution in [0.4, 0.5) is 0 Å². The molecule has 0 spiro atoms. The van der Waals surface area contributed by atoms with E-state index in [2.05, 4.69) is 4.98 Å². The van der Waals surface area contributed by atoms with Crippen molar-refractivity contribution in [3.63, 3.8) is 0 Å². The Balaban J connectivity index is 1.72. The van der Waals surface area contributed by atoms with Crippen LogP contribution in [0.15, 0.2) is 77.2 Å². The molecular weight excluding hydrogens is 336 g/mol. The first-order chi connectivity index (χ1) is 12.2. The lowest BCUT2D eigenvalue weighted by atomic mass is 10.1. The molecule has 0 radical (unpaired) electrons. The van der Waals surface area contributed by atoms with Gasteiger partial charge in [-0.25, -0.2) is 9.78 Å². The van der Waals surface area contributed by atoms with Crippen molar-refractivity contribution < 1.29 is 9.53 Å². The zero-order valence-electron chi connectivity index (χ0n) is 13.0. The number of para-hydroxylation sites is 1. The van der Waals surface area contributed by atoms with Gasteiger partial charge in [0.15, 0.2) is 4.96 Å². The molecule has 0 saturated carbocycles. The molecule has 0 aliphatic rings. The second-order valence-corrected chi connectivity index (χ2v) is 6.16. The molecule has 0 amide bonds. The maximum atomic E-state index is 12.5. The van der Waals surface area contributed by atoms with Gasteiger partial charge in [-0.15, -0.1) is 11.3 Å². The summed E-state index contributed by atoms with van der Waals surface area (Å²) in [5.74, 6) is -0.324. The van der Waals surface area contributed by atoms with E-state index < -0.39 is 11.5 Å². The van der Waals surface area contributed by atoms with E-state index in [-0.39, 0.29) is 5.56 Å². The van der Waals surface area contributed by atoms with Crippen LogP contribution < -0.4 is 10.3 Å². The van der Waals surface area contributed by atoms with Gasteiger partial charge in [0.25, 0.3) is 5.56 Å². The van der Waals surface area contributed by atoms with Gasteiger partial charge in [0.05, 0.1) is 6.20 Å². The number of thiazole rings is 1. The summed E-state index contributed by atoms with van der Waals surface area (Å²) in [4.78, 5) is 29.6. The number of fused-ring (bicyclic) bond motifs is 1. The zero-order valence-corrected chi connectivity index (χ0v) is 13.8. The van der Waals surface area contributed by atoms with Crippen molar-refractivity contribution >= 4 is 22.3 Å². The molecule has 0 aliphatic carbocycles. The number of nitrogens with zero attached hydrogens (tertiary/aromatic N) is 2. The van der Waals surface area contributed by atoms with Crippen LogP contribution in [0.1, 0.15) is 10.4 Å². The fourth-order valence-electron chi connectivity index (χ4n) is 2.53. The number of esters is 1.